The van der Waals surface area contributed by atoms with Crippen molar-refractivity contribution in [3.63, 3.8) is 0 Å². The van der Waals surface area contributed by atoms with Crippen molar-refractivity contribution < 1.29 is 13.5 Å². The lowest BCUT2D eigenvalue weighted by molar-refractivity contribution is 0.305. The molecule has 0 aliphatic rings. The van der Waals surface area contributed by atoms with E-state index < -0.39 is 10.0 Å². The van der Waals surface area contributed by atoms with Gasteiger partial charge in [-0.3, -0.25) is 9.71 Å². The molecule has 0 unspecified atom stereocenters. The second kappa shape index (κ2) is 6.78. The van der Waals surface area contributed by atoms with Gasteiger partial charge in [-0.25, -0.2) is 18.4 Å². The topological polar surface area (TPSA) is 105 Å². The summed E-state index contributed by atoms with van der Waals surface area (Å²) in [6.45, 7) is -0.0476. The zero-order chi connectivity index (χ0) is 15.1. The third-order valence-electron chi connectivity index (χ3n) is 2.31. The summed E-state index contributed by atoms with van der Waals surface area (Å²) in [4.78, 5) is 11.3. The molecular formula is C13H12N4O3S. The van der Waals surface area contributed by atoms with Crippen LogP contribution in [0.15, 0.2) is 42.1 Å². The van der Waals surface area contributed by atoms with Gasteiger partial charge in [0.2, 0.25) is 0 Å². The Morgan fingerprint density at radius 3 is 2.62 bits per heavy atom. The molecule has 108 valence electrons. The highest BCUT2D eigenvalue weighted by molar-refractivity contribution is 7.92. The molecule has 0 radical (unpaired) electrons. The Labute approximate surface area is 122 Å². The second-order valence-corrected chi connectivity index (χ2v) is 5.60. The van der Waals surface area contributed by atoms with Crippen molar-refractivity contribution in [2.24, 2.45) is 0 Å². The lowest BCUT2D eigenvalue weighted by Crippen LogP contribution is -2.13. The Balaban J connectivity index is 2.25. The van der Waals surface area contributed by atoms with Gasteiger partial charge >= 0.3 is 0 Å². The first-order valence-corrected chi connectivity index (χ1v) is 7.43. The number of aliphatic hydroxyl groups is 1. The number of hydrogen-bond donors (Lipinski definition) is 2. The van der Waals surface area contributed by atoms with Crippen LogP contribution in [0.4, 0.5) is 5.69 Å². The average molecular weight is 304 g/mol. The second-order valence-electron chi connectivity index (χ2n) is 3.92. The monoisotopic (exact) mass is 304 g/mol. The van der Waals surface area contributed by atoms with E-state index >= 15 is 0 Å². The van der Waals surface area contributed by atoms with Crippen molar-refractivity contribution in [3.8, 4) is 11.8 Å². The summed E-state index contributed by atoms with van der Waals surface area (Å²) in [5, 5.41) is 8.66. The SMILES string of the molecule is O=S(=O)(Nc1cncnc1)c1cncc(C#CCCO)c1. The minimum absolute atomic E-state index is 0.0119. The Morgan fingerprint density at radius 1 is 1.14 bits per heavy atom. The number of pyridine rings is 1. The number of rotatable bonds is 4. The quantitative estimate of drug-likeness (QED) is 0.792. The van der Waals surface area contributed by atoms with Crippen molar-refractivity contribution in [3.05, 3.63) is 42.7 Å². The van der Waals surface area contributed by atoms with E-state index in [0.717, 1.165) is 0 Å². The van der Waals surface area contributed by atoms with Gasteiger partial charge < -0.3 is 5.11 Å². The van der Waals surface area contributed by atoms with Crippen LogP contribution >= 0.6 is 0 Å². The Morgan fingerprint density at radius 2 is 1.90 bits per heavy atom. The van der Waals surface area contributed by atoms with Crippen molar-refractivity contribution in [1.82, 2.24) is 15.0 Å². The molecule has 0 saturated heterocycles. The zero-order valence-electron chi connectivity index (χ0n) is 10.9. The summed E-state index contributed by atoms with van der Waals surface area (Å²) < 4.78 is 26.7. The average Bonchev–Trinajstić information content (AvgIpc) is 2.48. The van der Waals surface area contributed by atoms with Gasteiger partial charge in [0.15, 0.2) is 0 Å². The molecule has 0 aliphatic carbocycles. The van der Waals surface area contributed by atoms with E-state index in [1.54, 1.807) is 0 Å². The molecule has 0 fully saturated rings. The van der Waals surface area contributed by atoms with Crippen molar-refractivity contribution in [1.29, 1.82) is 0 Å². The highest BCUT2D eigenvalue weighted by Crippen LogP contribution is 2.14. The number of nitrogens with zero attached hydrogens (tertiary/aromatic N) is 3. The summed E-state index contributed by atoms with van der Waals surface area (Å²) in [5.74, 6) is 5.44. The predicted molar refractivity (Wildman–Crippen MR) is 75.7 cm³/mol. The van der Waals surface area contributed by atoms with Crippen molar-refractivity contribution in [2.45, 2.75) is 11.3 Å². The van der Waals surface area contributed by atoms with Crippen LogP contribution in [0.5, 0.6) is 0 Å². The van der Waals surface area contributed by atoms with E-state index in [0.29, 0.717) is 12.0 Å². The van der Waals surface area contributed by atoms with E-state index in [2.05, 4.69) is 31.5 Å². The molecular weight excluding hydrogens is 292 g/mol. The fourth-order valence-electron chi connectivity index (χ4n) is 1.42. The van der Waals surface area contributed by atoms with Crippen LogP contribution in [0.3, 0.4) is 0 Å². The highest BCUT2D eigenvalue weighted by atomic mass is 32.2. The number of anilines is 1. The molecule has 2 aromatic rings. The summed E-state index contributed by atoms with van der Waals surface area (Å²) >= 11 is 0. The Hall–Kier alpha value is -2.50. The fourth-order valence-corrected chi connectivity index (χ4v) is 2.44. The number of sulfonamides is 1. The van der Waals surface area contributed by atoms with Crippen molar-refractivity contribution >= 4 is 15.7 Å². The van der Waals surface area contributed by atoms with Crippen LogP contribution in [-0.2, 0) is 10.0 Å². The van der Waals surface area contributed by atoms with Crippen LogP contribution in [0, 0.1) is 11.8 Å². The summed E-state index contributed by atoms with van der Waals surface area (Å²) in [6.07, 6.45) is 7.00. The maximum absolute atomic E-state index is 12.2. The maximum atomic E-state index is 12.2. The molecule has 2 heterocycles. The summed E-state index contributed by atoms with van der Waals surface area (Å²) in [6, 6.07) is 1.41. The molecule has 0 bridgehead atoms. The third kappa shape index (κ3) is 4.24. The number of nitrogens with one attached hydrogen (secondary N) is 1. The van der Waals surface area contributed by atoms with Crippen LogP contribution < -0.4 is 4.72 Å². The minimum atomic E-state index is -3.78. The smallest absolute Gasteiger partial charge is 0.263 e. The molecule has 2 rings (SSSR count). The van der Waals surface area contributed by atoms with Gasteiger partial charge in [0.1, 0.15) is 11.2 Å². The molecule has 0 aliphatic heterocycles. The van der Waals surface area contributed by atoms with Crippen molar-refractivity contribution in [2.75, 3.05) is 11.3 Å². The van der Waals surface area contributed by atoms with Gasteiger partial charge in [0, 0.05) is 24.4 Å². The molecule has 7 nitrogen and oxygen atoms in total. The third-order valence-corrected chi connectivity index (χ3v) is 3.65. The molecule has 21 heavy (non-hydrogen) atoms. The van der Waals surface area contributed by atoms with E-state index in [1.165, 1.54) is 37.2 Å². The summed E-state index contributed by atoms with van der Waals surface area (Å²) in [7, 11) is -3.78. The predicted octanol–water partition coefficient (Wildman–Crippen LogP) is 0.406. The molecule has 0 amide bonds. The largest absolute Gasteiger partial charge is 0.395 e. The van der Waals surface area contributed by atoms with Crippen LogP contribution in [0.25, 0.3) is 0 Å². The first kappa shape index (κ1) is 14.9. The summed E-state index contributed by atoms with van der Waals surface area (Å²) in [5.41, 5.74) is 0.713. The first-order chi connectivity index (χ1) is 10.1. The standard InChI is InChI=1S/C13H12N4O3S/c18-4-2-1-3-11-5-13(9-14-6-11)21(19,20)17-12-7-15-10-16-8-12/h5-10,17-18H,2,4H2. The number of hydrogen-bond acceptors (Lipinski definition) is 6. The maximum Gasteiger partial charge on any atom is 0.263 e. The lowest BCUT2D eigenvalue weighted by Gasteiger charge is -2.06. The van der Waals surface area contributed by atoms with Gasteiger partial charge in [0.25, 0.3) is 10.0 Å². The van der Waals surface area contributed by atoms with Crippen LogP contribution in [-0.4, -0.2) is 35.1 Å². The number of aromatic nitrogens is 3. The first-order valence-electron chi connectivity index (χ1n) is 5.94. The molecule has 0 saturated carbocycles. The normalized spacial score (nSPS) is 10.5. The number of aliphatic hydroxyl groups excluding tert-OH is 1. The molecule has 0 aromatic carbocycles. The fraction of sp³-hybridized carbons (Fsp3) is 0.154. The van der Waals surface area contributed by atoms with Gasteiger partial charge in [-0.2, -0.15) is 0 Å². The lowest BCUT2D eigenvalue weighted by atomic mass is 10.3. The minimum Gasteiger partial charge on any atom is -0.395 e. The molecule has 0 atom stereocenters. The Bertz CT molecular complexity index is 767. The van der Waals surface area contributed by atoms with E-state index in [1.807, 2.05) is 0 Å². The van der Waals surface area contributed by atoms with Crippen LogP contribution in [0.2, 0.25) is 0 Å². The molecule has 2 aromatic heterocycles. The van der Waals surface area contributed by atoms with E-state index in [4.69, 9.17) is 5.11 Å². The van der Waals surface area contributed by atoms with E-state index in [9.17, 15) is 8.42 Å². The highest BCUT2D eigenvalue weighted by Gasteiger charge is 2.15. The van der Waals surface area contributed by atoms with E-state index in [-0.39, 0.29) is 17.2 Å². The van der Waals surface area contributed by atoms with Gasteiger partial charge in [-0.15, -0.1) is 0 Å². The van der Waals surface area contributed by atoms with Gasteiger partial charge in [-0.05, 0) is 6.07 Å². The molecule has 0 spiro atoms. The molecule has 8 heteroatoms. The Kier molecular flexibility index (Phi) is 4.81. The molecule has 2 N–H and O–H groups in total. The van der Waals surface area contributed by atoms with Gasteiger partial charge in [0.05, 0.1) is 24.7 Å². The van der Waals surface area contributed by atoms with Crippen LogP contribution in [0.1, 0.15) is 12.0 Å². The zero-order valence-corrected chi connectivity index (χ0v) is 11.7. The van der Waals surface area contributed by atoms with Gasteiger partial charge in [-0.1, -0.05) is 11.8 Å².